The predicted octanol–water partition coefficient (Wildman–Crippen LogP) is 3.88. The molecule has 0 spiro atoms. The summed E-state index contributed by atoms with van der Waals surface area (Å²) in [6.07, 6.45) is 2.27. The van der Waals surface area contributed by atoms with Crippen LogP contribution in [-0.2, 0) is 0 Å². The van der Waals surface area contributed by atoms with E-state index in [1.54, 1.807) is 0 Å². The molecule has 0 aliphatic heterocycles. The molecule has 1 aromatic heterocycles. The van der Waals surface area contributed by atoms with Crippen LogP contribution < -0.4 is 5.73 Å². The van der Waals surface area contributed by atoms with Crippen LogP contribution in [0.15, 0.2) is 12.1 Å². The molecule has 0 aromatic carbocycles. The average molecular weight is 211 g/mol. The third-order valence-corrected chi connectivity index (χ3v) is 3.46. The van der Waals surface area contributed by atoms with Crippen molar-refractivity contribution >= 4 is 11.3 Å². The Morgan fingerprint density at radius 3 is 2.43 bits per heavy atom. The summed E-state index contributed by atoms with van der Waals surface area (Å²) in [7, 11) is 0. The van der Waals surface area contributed by atoms with E-state index in [1.165, 1.54) is 16.2 Å². The van der Waals surface area contributed by atoms with E-state index in [0.29, 0.717) is 5.41 Å². The highest BCUT2D eigenvalue weighted by Crippen LogP contribution is 2.29. The molecular formula is C12H21NS. The van der Waals surface area contributed by atoms with Gasteiger partial charge in [-0.25, -0.2) is 0 Å². The lowest BCUT2D eigenvalue weighted by Gasteiger charge is -2.20. The number of rotatable bonds is 3. The van der Waals surface area contributed by atoms with Gasteiger partial charge in [-0.3, -0.25) is 0 Å². The fraction of sp³-hybridized carbons (Fsp3) is 0.667. The summed E-state index contributed by atoms with van der Waals surface area (Å²) < 4.78 is 0. The van der Waals surface area contributed by atoms with Crippen molar-refractivity contribution in [3.8, 4) is 0 Å². The van der Waals surface area contributed by atoms with Crippen LogP contribution in [0.25, 0.3) is 0 Å². The molecule has 1 nitrogen and oxygen atoms in total. The molecule has 0 bridgehead atoms. The Morgan fingerprint density at radius 2 is 2.00 bits per heavy atom. The summed E-state index contributed by atoms with van der Waals surface area (Å²) in [6, 6.07) is 4.54. The fourth-order valence-electron chi connectivity index (χ4n) is 1.38. The third kappa shape index (κ3) is 3.81. The number of hydrogen-bond donors (Lipinski definition) is 1. The monoisotopic (exact) mass is 211 g/mol. The molecule has 80 valence electrons. The van der Waals surface area contributed by atoms with Crippen molar-refractivity contribution in [1.29, 1.82) is 0 Å². The Balaban J connectivity index is 2.47. The van der Waals surface area contributed by atoms with Crippen molar-refractivity contribution in [1.82, 2.24) is 0 Å². The minimum Gasteiger partial charge on any atom is -0.323 e. The molecule has 0 fully saturated rings. The highest BCUT2D eigenvalue weighted by atomic mass is 32.1. The molecule has 0 aliphatic carbocycles. The second-order valence-electron chi connectivity index (χ2n) is 5.15. The summed E-state index contributed by atoms with van der Waals surface area (Å²) in [5, 5.41) is 0. The molecule has 0 aliphatic rings. The predicted molar refractivity (Wildman–Crippen MR) is 64.7 cm³/mol. The maximum atomic E-state index is 6.13. The molecule has 0 saturated carbocycles. The van der Waals surface area contributed by atoms with E-state index >= 15 is 0 Å². The quantitative estimate of drug-likeness (QED) is 0.806. The zero-order valence-electron chi connectivity index (χ0n) is 9.63. The Labute approximate surface area is 91.3 Å². The summed E-state index contributed by atoms with van der Waals surface area (Å²) in [5.41, 5.74) is 6.52. The van der Waals surface area contributed by atoms with Crippen LogP contribution in [-0.4, -0.2) is 0 Å². The Morgan fingerprint density at radius 1 is 1.36 bits per heavy atom. The summed E-state index contributed by atoms with van der Waals surface area (Å²) in [6.45, 7) is 8.92. The van der Waals surface area contributed by atoms with Gasteiger partial charge in [-0.1, -0.05) is 20.8 Å². The molecule has 2 heteroatoms. The van der Waals surface area contributed by atoms with Gasteiger partial charge >= 0.3 is 0 Å². The summed E-state index contributed by atoms with van der Waals surface area (Å²) in [4.78, 5) is 2.68. The SMILES string of the molecule is Cc1ccc(C(N)CCC(C)(C)C)s1. The fourth-order valence-corrected chi connectivity index (χ4v) is 2.30. The minimum absolute atomic E-state index is 0.230. The van der Waals surface area contributed by atoms with E-state index in [2.05, 4.69) is 39.8 Å². The Hall–Kier alpha value is -0.340. The highest BCUT2D eigenvalue weighted by molar-refractivity contribution is 7.12. The van der Waals surface area contributed by atoms with Crippen LogP contribution in [0.3, 0.4) is 0 Å². The first-order valence-electron chi connectivity index (χ1n) is 5.20. The second kappa shape index (κ2) is 4.45. The molecule has 1 heterocycles. The minimum atomic E-state index is 0.230. The zero-order chi connectivity index (χ0) is 10.8. The lowest BCUT2D eigenvalue weighted by atomic mass is 9.88. The normalized spacial score (nSPS) is 14.4. The molecule has 1 rings (SSSR count). The Bertz CT molecular complexity index is 283. The first-order valence-corrected chi connectivity index (χ1v) is 6.02. The van der Waals surface area contributed by atoms with Gasteiger partial charge in [0, 0.05) is 15.8 Å². The van der Waals surface area contributed by atoms with Crippen LogP contribution in [0.2, 0.25) is 0 Å². The lowest BCUT2D eigenvalue weighted by molar-refractivity contribution is 0.351. The molecule has 0 radical (unpaired) electrons. The van der Waals surface area contributed by atoms with Crippen LogP contribution in [0.4, 0.5) is 0 Å². The second-order valence-corrected chi connectivity index (χ2v) is 6.47. The number of aryl methyl sites for hydroxylation is 1. The average Bonchev–Trinajstić information content (AvgIpc) is 2.46. The molecule has 2 N–H and O–H groups in total. The van der Waals surface area contributed by atoms with Crippen LogP contribution in [0.5, 0.6) is 0 Å². The van der Waals surface area contributed by atoms with Gasteiger partial charge in [-0.05, 0) is 37.3 Å². The van der Waals surface area contributed by atoms with Crippen molar-refractivity contribution in [2.24, 2.45) is 11.1 Å². The van der Waals surface area contributed by atoms with E-state index in [4.69, 9.17) is 5.73 Å². The van der Waals surface area contributed by atoms with Crippen molar-refractivity contribution < 1.29 is 0 Å². The van der Waals surface area contributed by atoms with E-state index in [1.807, 2.05) is 11.3 Å². The maximum Gasteiger partial charge on any atom is 0.0390 e. The molecule has 1 aromatic rings. The number of hydrogen-bond acceptors (Lipinski definition) is 2. The van der Waals surface area contributed by atoms with Gasteiger partial charge < -0.3 is 5.73 Å². The van der Waals surface area contributed by atoms with Gasteiger partial charge in [-0.15, -0.1) is 11.3 Å². The highest BCUT2D eigenvalue weighted by Gasteiger charge is 2.14. The van der Waals surface area contributed by atoms with Gasteiger partial charge in [0.1, 0.15) is 0 Å². The van der Waals surface area contributed by atoms with Gasteiger partial charge in [0.25, 0.3) is 0 Å². The summed E-state index contributed by atoms with van der Waals surface area (Å²) in [5.74, 6) is 0. The summed E-state index contributed by atoms with van der Waals surface area (Å²) >= 11 is 1.82. The zero-order valence-corrected chi connectivity index (χ0v) is 10.4. The van der Waals surface area contributed by atoms with Crippen LogP contribution in [0.1, 0.15) is 49.4 Å². The largest absolute Gasteiger partial charge is 0.323 e. The van der Waals surface area contributed by atoms with Gasteiger partial charge in [0.2, 0.25) is 0 Å². The van der Waals surface area contributed by atoms with Crippen LogP contribution in [0, 0.1) is 12.3 Å². The van der Waals surface area contributed by atoms with Crippen molar-refractivity contribution in [2.75, 3.05) is 0 Å². The van der Waals surface area contributed by atoms with Gasteiger partial charge in [0.15, 0.2) is 0 Å². The third-order valence-electron chi connectivity index (χ3n) is 2.33. The number of thiophene rings is 1. The van der Waals surface area contributed by atoms with E-state index < -0.39 is 0 Å². The lowest BCUT2D eigenvalue weighted by Crippen LogP contribution is -2.13. The standard InChI is InChI=1S/C12H21NS/c1-9-5-6-11(14-9)10(13)7-8-12(2,3)4/h5-6,10H,7-8,13H2,1-4H3. The van der Waals surface area contributed by atoms with E-state index in [-0.39, 0.29) is 6.04 Å². The van der Waals surface area contributed by atoms with Crippen molar-refractivity contribution in [2.45, 2.75) is 46.6 Å². The van der Waals surface area contributed by atoms with E-state index in [9.17, 15) is 0 Å². The molecule has 1 unspecified atom stereocenters. The molecule has 0 amide bonds. The first-order chi connectivity index (χ1) is 6.38. The first kappa shape index (κ1) is 11.7. The molecule has 1 atom stereocenters. The molecule has 14 heavy (non-hydrogen) atoms. The van der Waals surface area contributed by atoms with Crippen LogP contribution >= 0.6 is 11.3 Å². The molecular weight excluding hydrogens is 190 g/mol. The van der Waals surface area contributed by atoms with E-state index in [0.717, 1.165) is 6.42 Å². The van der Waals surface area contributed by atoms with Gasteiger partial charge in [0.05, 0.1) is 0 Å². The van der Waals surface area contributed by atoms with Crippen molar-refractivity contribution in [3.63, 3.8) is 0 Å². The Kier molecular flexibility index (Phi) is 3.73. The smallest absolute Gasteiger partial charge is 0.0390 e. The van der Waals surface area contributed by atoms with Gasteiger partial charge in [-0.2, -0.15) is 0 Å². The van der Waals surface area contributed by atoms with Crippen molar-refractivity contribution in [3.05, 3.63) is 21.9 Å². The number of nitrogens with two attached hydrogens (primary N) is 1. The maximum absolute atomic E-state index is 6.13. The molecule has 0 saturated heterocycles. The topological polar surface area (TPSA) is 26.0 Å².